The number of fused-ring (bicyclic) bond motifs is 1. The van der Waals surface area contributed by atoms with E-state index in [0.29, 0.717) is 37.7 Å². The summed E-state index contributed by atoms with van der Waals surface area (Å²) in [5.41, 5.74) is 1.49. The third kappa shape index (κ3) is 4.80. The summed E-state index contributed by atoms with van der Waals surface area (Å²) in [5.74, 6) is 1.44. The van der Waals surface area contributed by atoms with Gasteiger partial charge < -0.3 is 14.2 Å². The van der Waals surface area contributed by atoms with E-state index in [1.807, 2.05) is 36.4 Å². The second-order valence-electron chi connectivity index (χ2n) is 5.72. The first-order valence-electron chi connectivity index (χ1n) is 8.52. The molecule has 0 saturated carbocycles. The molecule has 0 fully saturated rings. The third-order valence-electron chi connectivity index (χ3n) is 3.82. The minimum atomic E-state index is 0.0202. The zero-order valence-corrected chi connectivity index (χ0v) is 14.7. The number of hydrogen-bond donors (Lipinski definition) is 0. The Morgan fingerprint density at radius 3 is 2.54 bits per heavy atom. The minimum absolute atomic E-state index is 0.0202. The van der Waals surface area contributed by atoms with Crippen LogP contribution in [0.2, 0.25) is 0 Å². The molecule has 0 aliphatic rings. The predicted molar refractivity (Wildman–Crippen MR) is 100.0 cm³/mol. The van der Waals surface area contributed by atoms with Gasteiger partial charge in [-0.3, -0.25) is 9.78 Å². The van der Waals surface area contributed by atoms with Gasteiger partial charge in [0.1, 0.15) is 30.2 Å². The lowest BCUT2D eigenvalue weighted by Gasteiger charge is -2.10. The summed E-state index contributed by atoms with van der Waals surface area (Å²) in [6.45, 7) is 3.29. The van der Waals surface area contributed by atoms with Crippen molar-refractivity contribution in [1.29, 1.82) is 0 Å². The van der Waals surface area contributed by atoms with Crippen molar-refractivity contribution in [3.63, 3.8) is 0 Å². The van der Waals surface area contributed by atoms with Gasteiger partial charge in [0.05, 0.1) is 13.2 Å². The molecule has 0 amide bonds. The number of para-hydroxylation sites is 1. The van der Waals surface area contributed by atoms with Gasteiger partial charge in [-0.25, -0.2) is 0 Å². The van der Waals surface area contributed by atoms with Gasteiger partial charge in [-0.15, -0.1) is 0 Å². The fourth-order valence-corrected chi connectivity index (χ4v) is 2.53. The van der Waals surface area contributed by atoms with Gasteiger partial charge in [0.2, 0.25) is 0 Å². The quantitative estimate of drug-likeness (QED) is 0.432. The summed E-state index contributed by atoms with van der Waals surface area (Å²) in [7, 11) is 0. The Labute approximate surface area is 152 Å². The number of ketones is 1. The Morgan fingerprint density at radius 1 is 0.923 bits per heavy atom. The maximum absolute atomic E-state index is 11.3. The Balaban J connectivity index is 1.37. The number of hydrogen-bond acceptors (Lipinski definition) is 5. The van der Waals surface area contributed by atoms with Gasteiger partial charge in [-0.2, -0.15) is 0 Å². The van der Waals surface area contributed by atoms with Crippen molar-refractivity contribution in [2.24, 2.45) is 0 Å². The summed E-state index contributed by atoms with van der Waals surface area (Å²) in [6.07, 6.45) is 1.75. The number of aromatic nitrogens is 1. The lowest BCUT2D eigenvalue weighted by Crippen LogP contribution is -2.12. The first kappa shape index (κ1) is 17.9. The molecular formula is C21H21NO4. The molecule has 3 rings (SSSR count). The zero-order valence-electron chi connectivity index (χ0n) is 14.7. The van der Waals surface area contributed by atoms with Crippen LogP contribution < -0.4 is 9.47 Å². The summed E-state index contributed by atoms with van der Waals surface area (Å²) in [5, 5.41) is 1.05. The van der Waals surface area contributed by atoms with Crippen molar-refractivity contribution < 1.29 is 19.0 Å². The average molecular weight is 351 g/mol. The van der Waals surface area contributed by atoms with E-state index >= 15 is 0 Å². The number of ether oxygens (including phenoxy) is 3. The van der Waals surface area contributed by atoms with Crippen LogP contribution >= 0.6 is 0 Å². The molecule has 0 aliphatic carbocycles. The third-order valence-corrected chi connectivity index (χ3v) is 3.82. The predicted octanol–water partition coefficient (Wildman–Crippen LogP) is 3.91. The largest absolute Gasteiger partial charge is 0.491 e. The number of Topliss-reactive ketones (excluding diaryl/α,β-unsaturated/α-hetero) is 1. The van der Waals surface area contributed by atoms with Crippen LogP contribution in [0.25, 0.3) is 10.9 Å². The standard InChI is InChI=1S/C21H21NO4/c1-16(23)18-6-2-8-19(15-18)25-13-11-24-12-14-26-20-9-3-5-17-7-4-10-22-21(17)20/h2-10,15H,11-14H2,1H3. The van der Waals surface area contributed by atoms with Crippen molar-refractivity contribution in [3.8, 4) is 11.5 Å². The Bertz CT molecular complexity index is 873. The first-order chi connectivity index (χ1) is 12.7. The van der Waals surface area contributed by atoms with Crippen LogP contribution in [0.4, 0.5) is 0 Å². The molecular weight excluding hydrogens is 330 g/mol. The highest BCUT2D eigenvalue weighted by Gasteiger charge is 2.03. The van der Waals surface area contributed by atoms with Crippen LogP contribution in [0.5, 0.6) is 11.5 Å². The maximum Gasteiger partial charge on any atom is 0.159 e. The number of benzene rings is 2. The summed E-state index contributed by atoms with van der Waals surface area (Å²) >= 11 is 0. The normalized spacial score (nSPS) is 10.7. The van der Waals surface area contributed by atoms with E-state index in [1.54, 1.807) is 24.4 Å². The number of carbonyl (C=O) groups excluding carboxylic acids is 1. The van der Waals surface area contributed by atoms with Crippen LogP contribution in [-0.2, 0) is 4.74 Å². The molecule has 0 spiro atoms. The van der Waals surface area contributed by atoms with Gasteiger partial charge in [-0.1, -0.05) is 30.3 Å². The topological polar surface area (TPSA) is 57.7 Å². The molecule has 0 radical (unpaired) electrons. The van der Waals surface area contributed by atoms with Crippen molar-refractivity contribution in [2.75, 3.05) is 26.4 Å². The lowest BCUT2D eigenvalue weighted by atomic mass is 10.1. The van der Waals surface area contributed by atoms with Crippen molar-refractivity contribution in [3.05, 3.63) is 66.4 Å². The molecule has 5 nitrogen and oxygen atoms in total. The van der Waals surface area contributed by atoms with Crippen LogP contribution in [0.1, 0.15) is 17.3 Å². The smallest absolute Gasteiger partial charge is 0.159 e. The van der Waals surface area contributed by atoms with Crippen LogP contribution in [0, 0.1) is 0 Å². The van der Waals surface area contributed by atoms with E-state index in [2.05, 4.69) is 4.98 Å². The number of pyridine rings is 1. The molecule has 5 heteroatoms. The van der Waals surface area contributed by atoms with E-state index in [0.717, 1.165) is 16.7 Å². The minimum Gasteiger partial charge on any atom is -0.491 e. The molecule has 0 saturated heterocycles. The van der Waals surface area contributed by atoms with Gasteiger partial charge in [-0.05, 0) is 31.2 Å². The first-order valence-corrected chi connectivity index (χ1v) is 8.52. The zero-order chi connectivity index (χ0) is 18.2. The Hall–Kier alpha value is -2.92. The SMILES string of the molecule is CC(=O)c1cccc(OCCOCCOc2cccc3cccnc23)c1. The highest BCUT2D eigenvalue weighted by Crippen LogP contribution is 2.22. The Kier molecular flexibility index (Phi) is 6.17. The fraction of sp³-hybridized carbons (Fsp3) is 0.238. The number of nitrogens with zero attached hydrogens (tertiary/aromatic N) is 1. The average Bonchev–Trinajstić information content (AvgIpc) is 2.67. The number of rotatable bonds is 9. The van der Waals surface area contributed by atoms with Crippen molar-refractivity contribution >= 4 is 16.7 Å². The van der Waals surface area contributed by atoms with Gasteiger partial charge in [0.25, 0.3) is 0 Å². The van der Waals surface area contributed by atoms with Gasteiger partial charge in [0.15, 0.2) is 5.78 Å². The molecule has 0 aliphatic heterocycles. The molecule has 26 heavy (non-hydrogen) atoms. The highest BCUT2D eigenvalue weighted by molar-refractivity contribution is 5.94. The highest BCUT2D eigenvalue weighted by atomic mass is 16.5. The van der Waals surface area contributed by atoms with E-state index in [1.165, 1.54) is 6.92 Å². The molecule has 0 unspecified atom stereocenters. The van der Waals surface area contributed by atoms with Gasteiger partial charge in [0, 0.05) is 17.1 Å². The molecule has 0 bridgehead atoms. The van der Waals surface area contributed by atoms with E-state index in [4.69, 9.17) is 14.2 Å². The van der Waals surface area contributed by atoms with E-state index in [9.17, 15) is 4.79 Å². The molecule has 0 atom stereocenters. The Morgan fingerprint density at radius 2 is 1.69 bits per heavy atom. The molecule has 134 valence electrons. The van der Waals surface area contributed by atoms with Crippen molar-refractivity contribution in [2.45, 2.75) is 6.92 Å². The number of carbonyl (C=O) groups is 1. The van der Waals surface area contributed by atoms with E-state index in [-0.39, 0.29) is 5.78 Å². The molecule has 1 aromatic heterocycles. The lowest BCUT2D eigenvalue weighted by molar-refractivity contribution is 0.0767. The summed E-state index contributed by atoms with van der Waals surface area (Å²) < 4.78 is 16.9. The fourth-order valence-electron chi connectivity index (χ4n) is 2.53. The molecule has 1 heterocycles. The van der Waals surface area contributed by atoms with Crippen LogP contribution in [-0.4, -0.2) is 37.2 Å². The molecule has 3 aromatic rings. The summed E-state index contributed by atoms with van der Waals surface area (Å²) in [6, 6.07) is 16.9. The molecule has 2 aromatic carbocycles. The second kappa shape index (κ2) is 8.97. The van der Waals surface area contributed by atoms with Crippen molar-refractivity contribution in [1.82, 2.24) is 4.98 Å². The van der Waals surface area contributed by atoms with E-state index < -0.39 is 0 Å². The van der Waals surface area contributed by atoms with Crippen LogP contribution in [0.15, 0.2) is 60.8 Å². The van der Waals surface area contributed by atoms with Crippen LogP contribution in [0.3, 0.4) is 0 Å². The molecule has 0 N–H and O–H groups in total. The maximum atomic E-state index is 11.3. The second-order valence-corrected chi connectivity index (χ2v) is 5.72. The monoisotopic (exact) mass is 351 g/mol. The summed E-state index contributed by atoms with van der Waals surface area (Å²) in [4.78, 5) is 15.7. The van der Waals surface area contributed by atoms with Gasteiger partial charge >= 0.3 is 0 Å².